The Bertz CT molecular complexity index is 1470. The molecule has 10 nitrogen and oxygen atoms in total. The Morgan fingerprint density at radius 3 is 2.45 bits per heavy atom. The van der Waals surface area contributed by atoms with Crippen LogP contribution in [0.3, 0.4) is 0 Å². The van der Waals surface area contributed by atoms with E-state index in [2.05, 4.69) is 32.3 Å². The second kappa shape index (κ2) is 9.95. The van der Waals surface area contributed by atoms with Crippen molar-refractivity contribution in [2.75, 3.05) is 39.8 Å². The first-order chi connectivity index (χ1) is 19.3. The van der Waals surface area contributed by atoms with Gasteiger partial charge in [0.1, 0.15) is 5.84 Å². The lowest BCUT2D eigenvalue weighted by Crippen LogP contribution is -2.54. The van der Waals surface area contributed by atoms with Crippen molar-refractivity contribution in [3.63, 3.8) is 0 Å². The van der Waals surface area contributed by atoms with E-state index < -0.39 is 29.2 Å². The number of urea groups is 1. The molecule has 40 heavy (non-hydrogen) atoms. The van der Waals surface area contributed by atoms with Crippen molar-refractivity contribution in [2.45, 2.75) is 31.0 Å². The second-order valence-electron chi connectivity index (χ2n) is 10.5. The number of carbonyl (C=O) groups is 3. The quantitative estimate of drug-likeness (QED) is 0.228. The first-order valence-electron chi connectivity index (χ1n) is 13.3. The highest BCUT2D eigenvalue weighted by Gasteiger charge is 2.48. The van der Waals surface area contributed by atoms with Crippen molar-refractivity contribution in [3.8, 4) is 17.6 Å². The standard InChI is InChI=1S/C29H29FN6O4/c1-40-22-9-6-20-16-36(26(37)23(20)24(22)30)17-29(27(38)32-28(39)33-29)11-10-18-2-4-19(5-3-18)25(31)35-14-12-34(13-15-35)21-7-8-21/h2-6,9,21,31H,7-8,12-17H2,1H3,(H2,32,33,38,39)/t29-/m1/s1. The van der Waals surface area contributed by atoms with Crippen molar-refractivity contribution in [1.29, 1.82) is 5.41 Å². The second-order valence-corrected chi connectivity index (χ2v) is 10.5. The van der Waals surface area contributed by atoms with Gasteiger partial charge in [0.15, 0.2) is 11.6 Å². The van der Waals surface area contributed by atoms with Gasteiger partial charge in [-0.2, -0.15) is 0 Å². The number of halogens is 1. The van der Waals surface area contributed by atoms with Crippen LogP contribution in [0.5, 0.6) is 5.75 Å². The third-order valence-corrected chi connectivity index (χ3v) is 7.92. The Labute approximate surface area is 230 Å². The smallest absolute Gasteiger partial charge is 0.323 e. The Balaban J connectivity index is 1.18. The molecule has 4 amide bonds. The molecular weight excluding hydrogens is 515 g/mol. The van der Waals surface area contributed by atoms with E-state index in [1.165, 1.54) is 30.9 Å². The van der Waals surface area contributed by atoms with Crippen molar-refractivity contribution in [3.05, 3.63) is 64.5 Å². The van der Waals surface area contributed by atoms with Crippen LogP contribution in [0.4, 0.5) is 9.18 Å². The lowest BCUT2D eigenvalue weighted by Gasteiger charge is -2.36. The zero-order chi connectivity index (χ0) is 28.0. The van der Waals surface area contributed by atoms with E-state index in [4.69, 9.17) is 10.1 Å². The molecule has 1 atom stereocenters. The number of hydrogen-bond acceptors (Lipinski definition) is 6. The van der Waals surface area contributed by atoms with E-state index in [0.717, 1.165) is 37.8 Å². The molecule has 3 aliphatic heterocycles. The lowest BCUT2D eigenvalue weighted by atomic mass is 9.99. The first-order valence-corrected chi connectivity index (χ1v) is 13.3. The van der Waals surface area contributed by atoms with Crippen molar-refractivity contribution >= 4 is 23.7 Å². The monoisotopic (exact) mass is 544 g/mol. The van der Waals surface area contributed by atoms with E-state index in [1.54, 1.807) is 18.2 Å². The topological polar surface area (TPSA) is 118 Å². The van der Waals surface area contributed by atoms with Gasteiger partial charge in [-0.3, -0.25) is 25.2 Å². The molecule has 0 spiro atoms. The van der Waals surface area contributed by atoms with Crippen LogP contribution in [0.15, 0.2) is 36.4 Å². The molecule has 3 N–H and O–H groups in total. The normalized spacial score (nSPS) is 22.4. The summed E-state index contributed by atoms with van der Waals surface area (Å²) in [6.45, 7) is 3.39. The van der Waals surface area contributed by atoms with Crippen LogP contribution in [0.1, 0.15) is 39.9 Å². The zero-order valence-electron chi connectivity index (χ0n) is 22.1. The summed E-state index contributed by atoms with van der Waals surface area (Å²) in [6, 6.07) is 10.2. The molecule has 1 saturated carbocycles. The molecule has 0 aromatic heterocycles. The minimum absolute atomic E-state index is 0.0487. The molecule has 2 aromatic rings. The van der Waals surface area contributed by atoms with Crippen molar-refractivity contribution in [2.24, 2.45) is 0 Å². The fraction of sp³-hybridized carbons (Fsp3) is 0.379. The van der Waals surface area contributed by atoms with E-state index in [1.807, 2.05) is 12.1 Å². The number of amidine groups is 1. The highest BCUT2D eigenvalue weighted by Crippen LogP contribution is 2.32. The van der Waals surface area contributed by atoms with Gasteiger partial charge in [-0.15, -0.1) is 0 Å². The lowest BCUT2D eigenvalue weighted by molar-refractivity contribution is -0.122. The highest BCUT2D eigenvalue weighted by molar-refractivity contribution is 6.10. The number of methoxy groups -OCH3 is 1. The molecular formula is C29H29FN6O4. The van der Waals surface area contributed by atoms with Crippen LogP contribution in [0.2, 0.25) is 0 Å². The fourth-order valence-corrected chi connectivity index (χ4v) is 5.52. The van der Waals surface area contributed by atoms with Crippen LogP contribution < -0.4 is 15.4 Å². The number of carbonyl (C=O) groups excluding carboxylic acids is 3. The molecule has 4 aliphatic rings. The summed E-state index contributed by atoms with van der Waals surface area (Å²) in [5.74, 6) is 4.16. The molecule has 1 aliphatic carbocycles. The summed E-state index contributed by atoms with van der Waals surface area (Å²) < 4.78 is 19.8. The van der Waals surface area contributed by atoms with Gasteiger partial charge < -0.3 is 19.9 Å². The van der Waals surface area contributed by atoms with E-state index in [-0.39, 0.29) is 24.4 Å². The number of rotatable bonds is 5. The van der Waals surface area contributed by atoms with Crippen LogP contribution in [-0.4, -0.2) is 89.8 Å². The third-order valence-electron chi connectivity index (χ3n) is 7.92. The summed E-state index contributed by atoms with van der Waals surface area (Å²) in [7, 11) is 1.32. The van der Waals surface area contributed by atoms with Crippen LogP contribution in [0.25, 0.3) is 0 Å². The largest absolute Gasteiger partial charge is 0.494 e. The molecule has 3 fully saturated rings. The maximum atomic E-state index is 14.8. The van der Waals surface area contributed by atoms with E-state index >= 15 is 0 Å². The van der Waals surface area contributed by atoms with Gasteiger partial charge in [-0.25, -0.2) is 9.18 Å². The molecule has 2 aromatic carbocycles. The number of amides is 4. The Kier molecular flexibility index (Phi) is 6.43. The number of nitrogens with one attached hydrogen (secondary N) is 3. The number of benzene rings is 2. The van der Waals surface area contributed by atoms with Crippen LogP contribution in [-0.2, 0) is 11.3 Å². The fourth-order valence-electron chi connectivity index (χ4n) is 5.52. The summed E-state index contributed by atoms with van der Waals surface area (Å²) in [4.78, 5) is 43.9. The molecule has 0 bridgehead atoms. The number of ether oxygens (including phenoxy) is 1. The maximum absolute atomic E-state index is 14.8. The predicted molar refractivity (Wildman–Crippen MR) is 143 cm³/mol. The summed E-state index contributed by atoms with van der Waals surface area (Å²) >= 11 is 0. The third kappa shape index (κ3) is 4.64. The van der Waals surface area contributed by atoms with Crippen LogP contribution >= 0.6 is 0 Å². The minimum Gasteiger partial charge on any atom is -0.494 e. The number of fused-ring (bicyclic) bond motifs is 1. The summed E-state index contributed by atoms with van der Waals surface area (Å²) in [5.41, 5.74) is -0.00964. The SMILES string of the molecule is COc1ccc2c(c1F)C(=O)N(C[C@@]1(C#Cc3ccc(C(=N)N4CCN(C5CC5)CC4)cc3)NC(=O)NC1=O)C2. The molecule has 0 radical (unpaired) electrons. The molecule has 2 saturated heterocycles. The average Bonchev–Trinajstić information content (AvgIpc) is 3.71. The van der Waals surface area contributed by atoms with Gasteiger partial charge in [0.25, 0.3) is 11.8 Å². The maximum Gasteiger partial charge on any atom is 0.323 e. The van der Waals surface area contributed by atoms with E-state index in [0.29, 0.717) is 17.0 Å². The molecule has 3 heterocycles. The number of hydrogen-bond donors (Lipinski definition) is 3. The Morgan fingerprint density at radius 1 is 1.10 bits per heavy atom. The molecule has 11 heteroatoms. The van der Waals surface area contributed by atoms with Gasteiger partial charge in [0.2, 0.25) is 5.54 Å². The Hall–Kier alpha value is -4.43. The van der Waals surface area contributed by atoms with E-state index in [9.17, 15) is 18.8 Å². The summed E-state index contributed by atoms with van der Waals surface area (Å²) in [5, 5.41) is 13.4. The average molecular weight is 545 g/mol. The van der Waals surface area contributed by atoms with Gasteiger partial charge in [-0.1, -0.05) is 30.0 Å². The van der Waals surface area contributed by atoms with Crippen molar-refractivity contribution in [1.82, 2.24) is 25.3 Å². The van der Waals surface area contributed by atoms with Crippen LogP contribution in [0, 0.1) is 23.1 Å². The van der Waals surface area contributed by atoms with Gasteiger partial charge in [-0.05, 0) is 36.6 Å². The zero-order valence-corrected chi connectivity index (χ0v) is 22.1. The highest BCUT2D eigenvalue weighted by atomic mass is 19.1. The van der Waals surface area contributed by atoms with Gasteiger partial charge in [0.05, 0.1) is 19.2 Å². The molecule has 0 unspecified atom stereocenters. The van der Waals surface area contributed by atoms with Gasteiger partial charge >= 0.3 is 6.03 Å². The Morgan fingerprint density at radius 2 is 1.82 bits per heavy atom. The molecule has 6 rings (SSSR count). The predicted octanol–water partition coefficient (Wildman–Crippen LogP) is 1.53. The number of imide groups is 1. The van der Waals surface area contributed by atoms with Crippen molar-refractivity contribution < 1.29 is 23.5 Å². The summed E-state index contributed by atoms with van der Waals surface area (Å²) in [6.07, 6.45) is 2.56. The number of piperazine rings is 1. The van der Waals surface area contributed by atoms with Gasteiger partial charge in [0, 0.05) is 49.9 Å². The first kappa shape index (κ1) is 25.8. The molecule has 206 valence electrons. The number of nitrogens with zero attached hydrogens (tertiary/aromatic N) is 3. The minimum atomic E-state index is -1.71.